The van der Waals surface area contributed by atoms with Gasteiger partial charge in [0.25, 0.3) is 11.5 Å². The van der Waals surface area contributed by atoms with E-state index in [1.54, 1.807) is 65.5 Å². The molecular weight excluding hydrogens is 448 g/mol. The number of hydrogen-bond donors (Lipinski definition) is 2. The first kappa shape index (κ1) is 23.1. The van der Waals surface area contributed by atoms with Gasteiger partial charge in [0.2, 0.25) is 0 Å². The van der Waals surface area contributed by atoms with E-state index in [-0.39, 0.29) is 23.7 Å². The number of nitrogens with zero attached hydrogens (tertiary/aromatic N) is 2. The monoisotopic (exact) mass is 470 g/mol. The van der Waals surface area contributed by atoms with Crippen molar-refractivity contribution in [2.24, 2.45) is 0 Å². The van der Waals surface area contributed by atoms with Gasteiger partial charge in [0.05, 0.1) is 18.8 Å². The van der Waals surface area contributed by atoms with Crippen molar-refractivity contribution < 1.29 is 4.79 Å². The number of amides is 1. The lowest BCUT2D eigenvalue weighted by atomic mass is 10.1. The van der Waals surface area contributed by atoms with Crippen LogP contribution in [-0.4, -0.2) is 27.7 Å². The number of aromatic nitrogens is 2. The molecule has 4 rings (SSSR count). The molecule has 170 valence electrons. The third-order valence-electron chi connectivity index (χ3n) is 5.34. The molecule has 2 aromatic carbocycles. The van der Waals surface area contributed by atoms with Gasteiger partial charge < -0.3 is 15.3 Å². The van der Waals surface area contributed by atoms with Gasteiger partial charge in [-0.2, -0.15) is 0 Å². The molecule has 0 bridgehead atoms. The summed E-state index contributed by atoms with van der Waals surface area (Å²) in [5.74, 6) is -0.265. The third kappa shape index (κ3) is 6.05. The lowest BCUT2D eigenvalue weighted by Gasteiger charge is -2.09. The summed E-state index contributed by atoms with van der Waals surface area (Å²) in [4.78, 5) is 28.9. The zero-order chi connectivity index (χ0) is 23.9. The first-order chi connectivity index (χ1) is 16.5. The van der Waals surface area contributed by atoms with Gasteiger partial charge in [-0.25, -0.2) is 0 Å². The first-order valence-corrected chi connectivity index (χ1v) is 11.2. The van der Waals surface area contributed by atoms with Crippen LogP contribution in [0.1, 0.15) is 32.7 Å². The quantitative estimate of drug-likeness (QED) is 0.375. The zero-order valence-electron chi connectivity index (χ0n) is 18.4. The molecular formula is C27H23ClN4O2. The van der Waals surface area contributed by atoms with Crippen LogP contribution in [0, 0.1) is 5.41 Å². The van der Waals surface area contributed by atoms with Crippen LogP contribution >= 0.6 is 11.6 Å². The lowest BCUT2D eigenvalue weighted by molar-refractivity contribution is 0.0959. The molecule has 7 heteroatoms. The van der Waals surface area contributed by atoms with E-state index < -0.39 is 0 Å². The molecule has 0 aliphatic rings. The van der Waals surface area contributed by atoms with Crippen molar-refractivity contribution >= 4 is 23.2 Å². The fraction of sp³-hybridized carbons (Fsp3) is 0.111. The maximum Gasteiger partial charge on any atom is 0.251 e. The Morgan fingerprint density at radius 1 is 0.941 bits per heavy atom. The summed E-state index contributed by atoms with van der Waals surface area (Å²) in [5.41, 5.74) is 4.26. The Labute approximate surface area is 202 Å². The van der Waals surface area contributed by atoms with E-state index in [0.29, 0.717) is 29.1 Å². The molecule has 2 aromatic heterocycles. The number of pyridine rings is 2. The second kappa shape index (κ2) is 10.7. The van der Waals surface area contributed by atoms with Crippen molar-refractivity contribution in [3.8, 4) is 0 Å². The van der Waals surface area contributed by atoms with Gasteiger partial charge in [0, 0.05) is 41.2 Å². The Morgan fingerprint density at radius 2 is 1.74 bits per heavy atom. The van der Waals surface area contributed by atoms with Crippen LogP contribution < -0.4 is 10.9 Å². The minimum absolute atomic E-state index is 0.0337. The van der Waals surface area contributed by atoms with Crippen LogP contribution in [0.3, 0.4) is 0 Å². The molecule has 34 heavy (non-hydrogen) atoms. The fourth-order valence-corrected chi connectivity index (χ4v) is 3.72. The van der Waals surface area contributed by atoms with Gasteiger partial charge in [-0.15, -0.1) is 0 Å². The van der Waals surface area contributed by atoms with E-state index in [1.807, 2.05) is 30.3 Å². The molecule has 0 spiro atoms. The lowest BCUT2D eigenvalue weighted by Crippen LogP contribution is -2.29. The van der Waals surface area contributed by atoms with Crippen LogP contribution in [0.2, 0.25) is 5.02 Å². The van der Waals surface area contributed by atoms with Gasteiger partial charge in [0.15, 0.2) is 0 Å². The second-order valence-corrected chi connectivity index (χ2v) is 8.30. The number of carbonyl (C=O) groups is 1. The highest BCUT2D eigenvalue weighted by molar-refractivity contribution is 6.31. The molecule has 2 N–H and O–H groups in total. The topological polar surface area (TPSA) is 87.8 Å². The van der Waals surface area contributed by atoms with E-state index in [0.717, 1.165) is 16.8 Å². The number of benzene rings is 2. The number of rotatable bonds is 8. The summed E-state index contributed by atoms with van der Waals surface area (Å²) < 4.78 is 1.66. The first-order valence-electron chi connectivity index (χ1n) is 10.8. The van der Waals surface area contributed by atoms with Gasteiger partial charge in [-0.1, -0.05) is 54.1 Å². The SMILES string of the molecule is N=C(CNC(=O)c1ccnc(Cc2ccc(Cn3ccccc3=O)cc2)c1)c1cccc(Cl)c1. The van der Waals surface area contributed by atoms with Crippen LogP contribution in [0.5, 0.6) is 0 Å². The minimum Gasteiger partial charge on any atom is -0.346 e. The Morgan fingerprint density at radius 3 is 2.50 bits per heavy atom. The number of hydrogen-bond acceptors (Lipinski definition) is 4. The molecule has 0 unspecified atom stereocenters. The fourth-order valence-electron chi connectivity index (χ4n) is 3.52. The highest BCUT2D eigenvalue weighted by atomic mass is 35.5. The van der Waals surface area contributed by atoms with Crippen molar-refractivity contribution in [2.45, 2.75) is 13.0 Å². The molecule has 4 aromatic rings. The van der Waals surface area contributed by atoms with Crippen LogP contribution in [0.15, 0.2) is 96.1 Å². The molecule has 0 radical (unpaired) electrons. The van der Waals surface area contributed by atoms with Gasteiger partial charge in [-0.05, 0) is 47.0 Å². The standard InChI is InChI=1S/C27H23ClN4O2/c28-23-5-3-4-21(15-23)25(29)17-31-27(34)22-11-12-30-24(16-22)14-19-7-9-20(10-8-19)18-32-13-2-1-6-26(32)33/h1-13,15-16,29H,14,17-18H2,(H,31,34). The number of halogens is 1. The molecule has 0 aliphatic carbocycles. The molecule has 0 saturated carbocycles. The molecule has 0 fully saturated rings. The Balaban J connectivity index is 1.36. The predicted octanol–water partition coefficient (Wildman–Crippen LogP) is 4.33. The van der Waals surface area contributed by atoms with Crippen molar-refractivity contribution in [3.63, 3.8) is 0 Å². The Bertz CT molecular complexity index is 1380. The van der Waals surface area contributed by atoms with E-state index >= 15 is 0 Å². The predicted molar refractivity (Wildman–Crippen MR) is 134 cm³/mol. The van der Waals surface area contributed by atoms with Gasteiger partial charge in [0.1, 0.15) is 0 Å². The summed E-state index contributed by atoms with van der Waals surface area (Å²) in [7, 11) is 0. The normalized spacial score (nSPS) is 10.6. The summed E-state index contributed by atoms with van der Waals surface area (Å²) >= 11 is 5.98. The van der Waals surface area contributed by atoms with E-state index in [1.165, 1.54) is 0 Å². The Kier molecular flexibility index (Phi) is 7.30. The molecule has 1 amide bonds. The summed E-state index contributed by atoms with van der Waals surface area (Å²) in [5, 5.41) is 11.5. The Hall–Kier alpha value is -4.03. The number of carbonyl (C=O) groups excluding carboxylic acids is 1. The molecule has 0 atom stereocenters. The second-order valence-electron chi connectivity index (χ2n) is 7.87. The van der Waals surface area contributed by atoms with Gasteiger partial charge in [-0.3, -0.25) is 14.6 Å². The highest BCUT2D eigenvalue weighted by Crippen LogP contribution is 2.13. The van der Waals surface area contributed by atoms with E-state index in [4.69, 9.17) is 17.0 Å². The molecule has 0 saturated heterocycles. The van der Waals surface area contributed by atoms with Crippen LogP contribution in [0.25, 0.3) is 0 Å². The average Bonchev–Trinajstić information content (AvgIpc) is 2.85. The smallest absolute Gasteiger partial charge is 0.251 e. The maximum absolute atomic E-state index is 12.6. The van der Waals surface area contributed by atoms with Crippen molar-refractivity contribution in [2.75, 3.05) is 6.54 Å². The summed E-state index contributed by atoms with van der Waals surface area (Å²) in [6, 6.07) is 23.5. The summed E-state index contributed by atoms with van der Waals surface area (Å²) in [6.07, 6.45) is 3.96. The zero-order valence-corrected chi connectivity index (χ0v) is 19.1. The molecule has 2 heterocycles. The molecule has 0 aliphatic heterocycles. The van der Waals surface area contributed by atoms with Crippen LogP contribution in [0.4, 0.5) is 0 Å². The molecule has 6 nitrogen and oxygen atoms in total. The highest BCUT2D eigenvalue weighted by Gasteiger charge is 2.10. The largest absolute Gasteiger partial charge is 0.346 e. The van der Waals surface area contributed by atoms with E-state index in [2.05, 4.69) is 10.3 Å². The maximum atomic E-state index is 12.6. The minimum atomic E-state index is -0.265. The van der Waals surface area contributed by atoms with Crippen molar-refractivity contribution in [3.05, 3.63) is 135 Å². The van der Waals surface area contributed by atoms with Gasteiger partial charge >= 0.3 is 0 Å². The van der Waals surface area contributed by atoms with Crippen molar-refractivity contribution in [1.29, 1.82) is 5.41 Å². The number of nitrogens with one attached hydrogen (secondary N) is 2. The van der Waals surface area contributed by atoms with Crippen LogP contribution in [-0.2, 0) is 13.0 Å². The summed E-state index contributed by atoms with van der Waals surface area (Å²) in [6.45, 7) is 0.612. The third-order valence-corrected chi connectivity index (χ3v) is 5.57. The van der Waals surface area contributed by atoms with Crippen molar-refractivity contribution in [1.82, 2.24) is 14.9 Å². The average molecular weight is 471 g/mol. The van der Waals surface area contributed by atoms with E-state index in [9.17, 15) is 9.59 Å².